The van der Waals surface area contributed by atoms with Crippen LogP contribution in [0.1, 0.15) is 5.56 Å². The molecule has 0 saturated heterocycles. The fraction of sp³-hybridized carbons (Fsp3) is 0.250. The molecule has 12 heavy (non-hydrogen) atoms. The standard InChI is InChI=1S/C8H7BrClFO/c1-12-4-5-2-6(9)3-7(10)8(5)11/h2-3H,4H2,1H3. The topological polar surface area (TPSA) is 9.23 Å². The molecule has 4 heteroatoms. The molecule has 0 atom stereocenters. The summed E-state index contributed by atoms with van der Waals surface area (Å²) in [6.07, 6.45) is 0. The van der Waals surface area contributed by atoms with Gasteiger partial charge in [-0.15, -0.1) is 0 Å². The van der Waals surface area contributed by atoms with Gasteiger partial charge in [0.05, 0.1) is 11.6 Å². The van der Waals surface area contributed by atoms with E-state index >= 15 is 0 Å². The van der Waals surface area contributed by atoms with E-state index in [1.807, 2.05) is 0 Å². The first-order chi connectivity index (χ1) is 5.65. The highest BCUT2D eigenvalue weighted by atomic mass is 79.9. The lowest BCUT2D eigenvalue weighted by Gasteiger charge is -2.03. The van der Waals surface area contributed by atoms with Crippen LogP contribution in [-0.2, 0) is 11.3 Å². The zero-order valence-corrected chi connectivity index (χ0v) is 8.75. The minimum atomic E-state index is -0.415. The SMILES string of the molecule is COCc1cc(Br)cc(Cl)c1F. The molecule has 66 valence electrons. The Bertz CT molecular complexity index is 291. The molecule has 0 fully saturated rings. The number of hydrogen-bond acceptors (Lipinski definition) is 1. The molecule has 0 bridgehead atoms. The van der Waals surface area contributed by atoms with Crippen molar-refractivity contribution in [1.29, 1.82) is 0 Å². The second-order valence-electron chi connectivity index (χ2n) is 2.29. The second-order valence-corrected chi connectivity index (χ2v) is 3.62. The maximum Gasteiger partial charge on any atom is 0.147 e. The van der Waals surface area contributed by atoms with Gasteiger partial charge in [0, 0.05) is 17.1 Å². The summed E-state index contributed by atoms with van der Waals surface area (Å²) in [6.45, 7) is 0.227. The average molecular weight is 253 g/mol. The average Bonchev–Trinajstić information content (AvgIpc) is 2.00. The van der Waals surface area contributed by atoms with Gasteiger partial charge in [0.2, 0.25) is 0 Å². The molecule has 0 aromatic heterocycles. The third-order valence-corrected chi connectivity index (χ3v) is 2.10. The first kappa shape index (κ1) is 9.96. The van der Waals surface area contributed by atoms with Crippen LogP contribution in [-0.4, -0.2) is 7.11 Å². The van der Waals surface area contributed by atoms with Crippen LogP contribution in [0.15, 0.2) is 16.6 Å². The van der Waals surface area contributed by atoms with Crippen molar-refractivity contribution in [3.05, 3.63) is 33.0 Å². The van der Waals surface area contributed by atoms with Crippen molar-refractivity contribution in [3.63, 3.8) is 0 Å². The summed E-state index contributed by atoms with van der Waals surface area (Å²) < 4.78 is 18.7. The molecule has 1 aromatic carbocycles. The van der Waals surface area contributed by atoms with Crippen LogP contribution in [0.4, 0.5) is 4.39 Å². The minimum Gasteiger partial charge on any atom is -0.380 e. The first-order valence-electron chi connectivity index (χ1n) is 3.27. The summed E-state index contributed by atoms with van der Waals surface area (Å²) in [5.74, 6) is -0.415. The van der Waals surface area contributed by atoms with Gasteiger partial charge in [-0.05, 0) is 12.1 Å². The molecule has 0 saturated carbocycles. The largest absolute Gasteiger partial charge is 0.380 e. The van der Waals surface area contributed by atoms with Crippen molar-refractivity contribution >= 4 is 27.5 Å². The van der Waals surface area contributed by atoms with Gasteiger partial charge < -0.3 is 4.74 Å². The predicted octanol–water partition coefficient (Wildman–Crippen LogP) is 3.39. The van der Waals surface area contributed by atoms with E-state index in [1.54, 1.807) is 6.07 Å². The highest BCUT2D eigenvalue weighted by molar-refractivity contribution is 9.10. The summed E-state index contributed by atoms with van der Waals surface area (Å²) in [4.78, 5) is 0. The van der Waals surface area contributed by atoms with Crippen LogP contribution in [0.2, 0.25) is 5.02 Å². The van der Waals surface area contributed by atoms with Crippen LogP contribution in [0.5, 0.6) is 0 Å². The van der Waals surface area contributed by atoms with Crippen LogP contribution < -0.4 is 0 Å². The number of rotatable bonds is 2. The smallest absolute Gasteiger partial charge is 0.147 e. The van der Waals surface area contributed by atoms with Crippen LogP contribution in [0.25, 0.3) is 0 Å². The molecule has 0 heterocycles. The van der Waals surface area contributed by atoms with E-state index in [4.69, 9.17) is 16.3 Å². The molecule has 0 radical (unpaired) electrons. The quantitative estimate of drug-likeness (QED) is 0.734. The van der Waals surface area contributed by atoms with E-state index < -0.39 is 5.82 Å². The lowest BCUT2D eigenvalue weighted by molar-refractivity contribution is 0.181. The summed E-state index contributed by atoms with van der Waals surface area (Å²) in [5, 5.41) is 0.108. The zero-order chi connectivity index (χ0) is 9.14. The molecule has 0 aliphatic heterocycles. The summed E-state index contributed by atoms with van der Waals surface area (Å²) in [5.41, 5.74) is 0.455. The van der Waals surface area contributed by atoms with E-state index in [-0.39, 0.29) is 11.6 Å². The van der Waals surface area contributed by atoms with E-state index in [2.05, 4.69) is 15.9 Å². The number of halogens is 3. The molecular weight excluding hydrogens is 246 g/mol. The predicted molar refractivity (Wildman–Crippen MR) is 49.8 cm³/mol. The maximum absolute atomic E-state index is 13.1. The van der Waals surface area contributed by atoms with Gasteiger partial charge in [-0.2, -0.15) is 0 Å². The van der Waals surface area contributed by atoms with E-state index in [9.17, 15) is 4.39 Å². The number of hydrogen-bond donors (Lipinski definition) is 0. The van der Waals surface area contributed by atoms with Gasteiger partial charge in [-0.1, -0.05) is 27.5 Å². The highest BCUT2D eigenvalue weighted by Gasteiger charge is 2.07. The normalized spacial score (nSPS) is 10.3. The molecule has 1 nitrogen and oxygen atoms in total. The Morgan fingerprint density at radius 1 is 1.58 bits per heavy atom. The third-order valence-electron chi connectivity index (χ3n) is 1.37. The van der Waals surface area contributed by atoms with Crippen LogP contribution >= 0.6 is 27.5 Å². The zero-order valence-electron chi connectivity index (χ0n) is 6.40. The van der Waals surface area contributed by atoms with Gasteiger partial charge >= 0.3 is 0 Å². The molecule has 1 rings (SSSR count). The molecule has 1 aromatic rings. The van der Waals surface area contributed by atoms with Gasteiger partial charge in [0.15, 0.2) is 0 Å². The van der Waals surface area contributed by atoms with Gasteiger partial charge in [0.25, 0.3) is 0 Å². The molecule has 0 N–H and O–H groups in total. The maximum atomic E-state index is 13.1. The lowest BCUT2D eigenvalue weighted by atomic mass is 10.2. The Labute approximate surface area is 83.6 Å². The Balaban J connectivity index is 3.09. The molecule has 0 unspecified atom stereocenters. The van der Waals surface area contributed by atoms with Crippen molar-refractivity contribution in [1.82, 2.24) is 0 Å². The van der Waals surface area contributed by atoms with Crippen molar-refractivity contribution in [2.75, 3.05) is 7.11 Å². The number of methoxy groups -OCH3 is 1. The fourth-order valence-corrected chi connectivity index (χ4v) is 1.75. The second kappa shape index (κ2) is 4.21. The van der Waals surface area contributed by atoms with Gasteiger partial charge in [-0.3, -0.25) is 0 Å². The molecular formula is C8H7BrClFO. The summed E-state index contributed by atoms with van der Waals surface area (Å²) in [6, 6.07) is 3.15. The van der Waals surface area contributed by atoms with E-state index in [0.717, 1.165) is 4.47 Å². The van der Waals surface area contributed by atoms with Gasteiger partial charge in [-0.25, -0.2) is 4.39 Å². The van der Waals surface area contributed by atoms with Crippen molar-refractivity contribution in [2.45, 2.75) is 6.61 Å². The van der Waals surface area contributed by atoms with Crippen LogP contribution in [0.3, 0.4) is 0 Å². The summed E-state index contributed by atoms with van der Waals surface area (Å²) in [7, 11) is 1.51. The van der Waals surface area contributed by atoms with E-state index in [0.29, 0.717) is 5.56 Å². The van der Waals surface area contributed by atoms with Gasteiger partial charge in [0.1, 0.15) is 5.82 Å². The van der Waals surface area contributed by atoms with Crippen molar-refractivity contribution in [2.24, 2.45) is 0 Å². The Morgan fingerprint density at radius 3 is 2.83 bits per heavy atom. The lowest BCUT2D eigenvalue weighted by Crippen LogP contribution is -1.93. The molecule has 0 spiro atoms. The molecule has 0 aliphatic carbocycles. The minimum absolute atomic E-state index is 0.108. The van der Waals surface area contributed by atoms with Crippen molar-refractivity contribution < 1.29 is 9.13 Å². The Kier molecular flexibility index (Phi) is 3.50. The van der Waals surface area contributed by atoms with E-state index in [1.165, 1.54) is 13.2 Å². The first-order valence-corrected chi connectivity index (χ1v) is 4.44. The number of ether oxygens (including phenoxy) is 1. The molecule has 0 aliphatic rings. The third kappa shape index (κ3) is 2.19. The number of benzene rings is 1. The van der Waals surface area contributed by atoms with Crippen molar-refractivity contribution in [3.8, 4) is 0 Å². The Morgan fingerprint density at radius 2 is 2.25 bits per heavy atom. The fourth-order valence-electron chi connectivity index (χ4n) is 0.870. The highest BCUT2D eigenvalue weighted by Crippen LogP contribution is 2.24. The Hall–Kier alpha value is -0.120. The summed E-state index contributed by atoms with van der Waals surface area (Å²) >= 11 is 8.80. The van der Waals surface area contributed by atoms with Crippen LogP contribution in [0, 0.1) is 5.82 Å². The monoisotopic (exact) mass is 252 g/mol. The molecule has 0 amide bonds.